The molecule has 0 spiro atoms. The molecule has 0 rings (SSSR count). The number of ether oxygens (including phenoxy) is 20. The zero-order valence-corrected chi connectivity index (χ0v) is 73.2. The van der Waals surface area contributed by atoms with Gasteiger partial charge in [0, 0.05) is 88.6 Å². The van der Waals surface area contributed by atoms with Crippen molar-refractivity contribution in [2.75, 3.05) is 112 Å². The van der Waals surface area contributed by atoms with E-state index in [2.05, 4.69) is 122 Å². The van der Waals surface area contributed by atoms with Crippen LogP contribution in [0.25, 0.3) is 0 Å². The minimum Gasteiger partial charge on any atom is -0.469 e. The average molecular weight is 1890 g/mol. The molecule has 0 saturated carbocycles. The second-order valence-corrected chi connectivity index (χ2v) is 23.3. The van der Waals surface area contributed by atoms with E-state index in [9.17, 15) is 95.9 Å². The minimum atomic E-state index is -0.606. The maximum atomic E-state index is 11.3. The standard InChI is InChI=1S/C10H16O4.2C9H14O4.C9H12O4.2C8H12O4.C8H10O4.2C7H10O4.C6H8O4.10CH4/c1-7(6-8(11)13-5)9(12)14-10(2,3)4;1-9(2,3)13-8(11)6-5-7(10)12-4;1-6(2)13-9(11)7(3)5-8(10)12-4;1-4-5-13-9(11)7(2)6-8(10)12-3;1-6(2)12-8(10)5-4-7(9)11-3;1-4-12-8(10)6(2)5-7(9)11-3;1-3-6-12-8(10)5-4-7(9)11-2;1-5(7(9)11-3)4-6(8)10-2;1-3-11-7(9)5-4-6(8)10-2;1-9-5(7)3-4-6(8)10-2;;;;;;;;;;/h1,6H2,2-5H3;5-6H,1-4H3;6H,3,5H2,1-2,4H3;4H,1-2,5-6H2,3H3;4-6H,1-3H3;2,4-5H2,1,3H3;3-5H,1,6H2,2H3;1,4H2,2-3H3;4-5H,3H2,1-2H3;3-4H,1-2H3;10*1H4/b;6-5-;;;5-4-;;5-4-;;5-4-;4-3-;;;;;;;;;;. The van der Waals surface area contributed by atoms with E-state index < -0.39 is 131 Å². The summed E-state index contributed by atoms with van der Waals surface area (Å²) in [5.41, 5.74) is -0.614. The van der Waals surface area contributed by atoms with E-state index in [0.717, 1.165) is 60.8 Å². The Morgan fingerprint density at radius 3 is 0.687 bits per heavy atom. The SMILES string of the molecule is C.C.C.C.C.C.C.C.C.C.C=C(CC(=O)OC)C(=O)OC.C=C(CC(=O)OC)C(=O)OC(C)(C)C.C=C(CC(=O)OC)C(=O)OC(C)C.C=C(CC(=O)OC)C(=O)OCC.C=CCOC(=O)/C=C\C(=O)OC.C=CCOC(=O)C(=C)CC(=O)OC.CCOC(=O)/C=C\C(=O)OC.COC(=O)/C=C\C(=O)OC.COC(=O)/C=C\C(=O)OC(C)(C)C.COC(=O)/C=C\C(=O)OC(C)C. The molecule has 0 saturated heterocycles. The molecular formula is C91H158O40. The Morgan fingerprint density at radius 1 is 0.244 bits per heavy atom. The summed E-state index contributed by atoms with van der Waals surface area (Å²) in [4.78, 5) is 214. The van der Waals surface area contributed by atoms with Crippen LogP contribution in [0.4, 0.5) is 0 Å². The third-order valence-electron chi connectivity index (χ3n) is 10.3. The summed E-state index contributed by atoms with van der Waals surface area (Å²) in [7, 11) is 14.9. The van der Waals surface area contributed by atoms with E-state index >= 15 is 0 Å². The largest absolute Gasteiger partial charge is 0.469 e. The highest BCUT2D eigenvalue weighted by molar-refractivity contribution is 5.97. The van der Waals surface area contributed by atoms with Gasteiger partial charge in [-0.3, -0.25) is 24.0 Å². The van der Waals surface area contributed by atoms with Crippen LogP contribution in [0.1, 0.15) is 189 Å². The lowest BCUT2D eigenvalue weighted by molar-refractivity contribution is -0.152. The molecule has 0 aromatic heterocycles. The molecule has 131 heavy (non-hydrogen) atoms. The van der Waals surface area contributed by atoms with E-state index in [4.69, 9.17) is 18.9 Å². The van der Waals surface area contributed by atoms with E-state index in [-0.39, 0.29) is 166 Å². The smallest absolute Gasteiger partial charge is 0.334 e. The van der Waals surface area contributed by atoms with Crippen molar-refractivity contribution in [3.05, 3.63) is 147 Å². The fourth-order valence-corrected chi connectivity index (χ4v) is 4.93. The van der Waals surface area contributed by atoms with E-state index in [1.807, 2.05) is 0 Å². The summed E-state index contributed by atoms with van der Waals surface area (Å²) in [6.07, 6.45) is 12.0. The molecule has 0 aliphatic carbocycles. The molecule has 0 bridgehead atoms. The predicted octanol–water partition coefficient (Wildman–Crippen LogP) is 13.0. The fraction of sp³-hybridized carbons (Fsp3) is 0.516. The molecule has 0 unspecified atom stereocenters. The Labute approximate surface area is 778 Å². The van der Waals surface area contributed by atoms with Gasteiger partial charge in [0.05, 0.1) is 143 Å². The Hall–Kier alpha value is -13.7. The predicted molar refractivity (Wildman–Crippen MR) is 496 cm³/mol. The maximum absolute atomic E-state index is 11.3. The zero-order valence-electron chi connectivity index (χ0n) is 73.2. The molecule has 0 heterocycles. The highest BCUT2D eigenvalue weighted by atomic mass is 16.6. The van der Waals surface area contributed by atoms with Gasteiger partial charge in [-0.15, -0.1) is 0 Å². The first-order valence-electron chi connectivity index (χ1n) is 34.6. The molecule has 0 amide bonds. The van der Waals surface area contributed by atoms with Crippen LogP contribution in [0.5, 0.6) is 0 Å². The molecule has 0 radical (unpaired) electrons. The van der Waals surface area contributed by atoms with Crippen LogP contribution in [-0.2, 0) is 191 Å². The normalized spacial score (nSPS) is 8.93. The lowest BCUT2D eigenvalue weighted by Crippen LogP contribution is -2.25. The Morgan fingerprint density at radius 2 is 0.458 bits per heavy atom. The van der Waals surface area contributed by atoms with Crippen molar-refractivity contribution in [3.63, 3.8) is 0 Å². The highest BCUT2D eigenvalue weighted by Gasteiger charge is 2.21. The Balaban J connectivity index is -0.0000000576. The number of rotatable bonds is 33. The number of methoxy groups -OCH3 is 12. The van der Waals surface area contributed by atoms with Gasteiger partial charge in [-0.2, -0.15) is 0 Å². The molecular weight excluding hydrogens is 1730 g/mol. The quantitative estimate of drug-likeness (QED) is 0.0255. The molecule has 0 fully saturated rings. The first-order valence-corrected chi connectivity index (χ1v) is 34.6. The number of carbonyl (C=O) groups is 20. The van der Waals surface area contributed by atoms with Gasteiger partial charge in [-0.1, -0.05) is 132 Å². The van der Waals surface area contributed by atoms with Crippen molar-refractivity contribution in [2.24, 2.45) is 0 Å². The van der Waals surface area contributed by atoms with Crippen molar-refractivity contribution in [2.45, 2.75) is 213 Å². The molecule has 0 aliphatic rings. The summed E-state index contributed by atoms with van der Waals surface area (Å²) >= 11 is 0. The number of esters is 20. The molecule has 0 atom stereocenters. The van der Waals surface area contributed by atoms with Crippen LogP contribution in [-0.4, -0.2) is 255 Å². The van der Waals surface area contributed by atoms with Gasteiger partial charge in [0.25, 0.3) is 0 Å². The van der Waals surface area contributed by atoms with Gasteiger partial charge in [-0.25, -0.2) is 71.9 Å². The van der Waals surface area contributed by atoms with Crippen LogP contribution in [0.2, 0.25) is 0 Å². The van der Waals surface area contributed by atoms with Gasteiger partial charge in [-0.05, 0) is 83.1 Å². The van der Waals surface area contributed by atoms with E-state index in [1.54, 1.807) is 83.1 Å². The third-order valence-corrected chi connectivity index (χ3v) is 10.3. The number of hydrogen-bond donors (Lipinski definition) is 0. The first kappa shape index (κ1) is 168. The van der Waals surface area contributed by atoms with Crippen LogP contribution in [0, 0.1) is 0 Å². The molecule has 0 N–H and O–H groups in total. The van der Waals surface area contributed by atoms with Gasteiger partial charge in [0.15, 0.2) is 0 Å². The van der Waals surface area contributed by atoms with Crippen molar-refractivity contribution in [1.29, 1.82) is 0 Å². The molecule has 0 aliphatic heterocycles. The summed E-state index contributed by atoms with van der Waals surface area (Å²) in [6.45, 7) is 45.3. The van der Waals surface area contributed by atoms with E-state index in [1.165, 1.54) is 97.5 Å². The molecule has 0 aromatic carbocycles. The number of carbonyl (C=O) groups excluding carboxylic acids is 20. The van der Waals surface area contributed by atoms with Gasteiger partial charge < -0.3 is 94.7 Å². The number of hydrogen-bond acceptors (Lipinski definition) is 40. The summed E-state index contributed by atoms with van der Waals surface area (Å²) in [5, 5.41) is 0. The van der Waals surface area contributed by atoms with Crippen molar-refractivity contribution >= 4 is 119 Å². The van der Waals surface area contributed by atoms with E-state index in [0.29, 0.717) is 6.61 Å². The molecule has 762 valence electrons. The van der Waals surface area contributed by atoms with Gasteiger partial charge >= 0.3 is 119 Å². The Bertz CT molecular complexity index is 3520. The van der Waals surface area contributed by atoms with Crippen LogP contribution in [0.3, 0.4) is 0 Å². The van der Waals surface area contributed by atoms with Gasteiger partial charge in [0.2, 0.25) is 0 Å². The van der Waals surface area contributed by atoms with Crippen molar-refractivity contribution < 1.29 is 191 Å². The van der Waals surface area contributed by atoms with Crippen LogP contribution in [0.15, 0.2) is 147 Å². The first-order chi connectivity index (χ1) is 56.1. The summed E-state index contributed by atoms with van der Waals surface area (Å²) in [5.74, 6) is -11.1. The van der Waals surface area contributed by atoms with Crippen LogP contribution < -0.4 is 0 Å². The molecule has 0 aromatic rings. The van der Waals surface area contributed by atoms with Crippen molar-refractivity contribution in [3.8, 4) is 0 Å². The monoisotopic (exact) mass is 1890 g/mol. The second kappa shape index (κ2) is 107. The summed E-state index contributed by atoms with van der Waals surface area (Å²) < 4.78 is 89.3. The minimum absolute atomic E-state index is 0. The topological polar surface area (TPSA) is 526 Å². The second-order valence-electron chi connectivity index (χ2n) is 23.3. The molecule has 40 heteroatoms. The fourth-order valence-electron chi connectivity index (χ4n) is 4.93. The lowest BCUT2D eigenvalue weighted by atomic mass is 10.1. The summed E-state index contributed by atoms with van der Waals surface area (Å²) in [6, 6.07) is 0. The zero-order chi connectivity index (χ0) is 96.6. The average Bonchev–Trinajstić information content (AvgIpc) is 0.909. The lowest BCUT2D eigenvalue weighted by Gasteiger charge is -2.19. The Kier molecular flexibility index (Phi) is 137. The van der Waals surface area contributed by atoms with Crippen molar-refractivity contribution in [1.82, 2.24) is 0 Å². The third kappa shape index (κ3) is 132. The highest BCUT2D eigenvalue weighted by Crippen LogP contribution is 2.13. The maximum Gasteiger partial charge on any atom is 0.334 e. The van der Waals surface area contributed by atoms with Gasteiger partial charge in [0.1, 0.15) is 24.4 Å². The molecule has 40 nitrogen and oxygen atoms in total. The van der Waals surface area contributed by atoms with Crippen LogP contribution >= 0.6 is 0 Å².